The molecule has 0 aliphatic rings. The molecule has 37 heavy (non-hydrogen) atoms. The standard InChI is InChI=1S/C35H69N2/c1-4-7-9-11-13-15-16-17-18-19-20-21-22-24-26-28-30-32-37-34-33-36(6-3)35(37)31-29-27-25-23-14-12-10-8-5-2/h33-34H,4-32H2,1-3H3/q+1. The van der Waals surface area contributed by atoms with Gasteiger partial charge in [-0.25, -0.2) is 9.13 Å². The van der Waals surface area contributed by atoms with Crippen LogP contribution in [0.25, 0.3) is 0 Å². The number of rotatable bonds is 29. The fourth-order valence-corrected chi connectivity index (χ4v) is 5.88. The highest BCUT2D eigenvalue weighted by atomic mass is 15.1. The minimum Gasteiger partial charge on any atom is -0.235 e. The molecule has 0 aliphatic heterocycles. The summed E-state index contributed by atoms with van der Waals surface area (Å²) in [6, 6.07) is 0. The first-order valence-electron chi connectivity index (χ1n) is 17.4. The summed E-state index contributed by atoms with van der Waals surface area (Å²) in [5.41, 5.74) is 0. The Morgan fingerprint density at radius 2 is 0.811 bits per heavy atom. The molecule has 0 fully saturated rings. The Labute approximate surface area is 234 Å². The lowest BCUT2D eigenvalue weighted by molar-refractivity contribution is -0.704. The van der Waals surface area contributed by atoms with Gasteiger partial charge in [-0.2, -0.15) is 0 Å². The van der Waals surface area contributed by atoms with Crippen molar-refractivity contribution in [3.63, 3.8) is 0 Å². The fraction of sp³-hybridized carbons (Fsp3) is 0.914. The summed E-state index contributed by atoms with van der Waals surface area (Å²) in [5, 5.41) is 0. The highest BCUT2D eigenvalue weighted by Crippen LogP contribution is 2.15. The second kappa shape index (κ2) is 26.8. The topological polar surface area (TPSA) is 8.81 Å². The Kier molecular flexibility index (Phi) is 24.8. The first-order valence-corrected chi connectivity index (χ1v) is 17.4. The number of nitrogens with zero attached hydrogens (tertiary/aromatic N) is 2. The Bertz CT molecular complexity index is 576. The van der Waals surface area contributed by atoms with Crippen LogP contribution in [0.4, 0.5) is 0 Å². The van der Waals surface area contributed by atoms with Crippen molar-refractivity contribution in [3.8, 4) is 0 Å². The summed E-state index contributed by atoms with van der Waals surface area (Å²) >= 11 is 0. The lowest BCUT2D eigenvalue weighted by Gasteiger charge is -2.06. The van der Waals surface area contributed by atoms with Crippen molar-refractivity contribution in [1.29, 1.82) is 0 Å². The van der Waals surface area contributed by atoms with Crippen molar-refractivity contribution in [2.24, 2.45) is 0 Å². The Morgan fingerprint density at radius 1 is 0.459 bits per heavy atom. The normalized spacial score (nSPS) is 11.5. The summed E-state index contributed by atoms with van der Waals surface area (Å²) in [6.07, 6.45) is 43.3. The SMILES string of the molecule is CCCCCCCCCCCCCCCCCCC[n+]1ccn(CC)c1CCCCCCCCCCC. The van der Waals surface area contributed by atoms with Crippen LogP contribution >= 0.6 is 0 Å². The number of unbranched alkanes of at least 4 members (excludes halogenated alkanes) is 24. The van der Waals surface area contributed by atoms with E-state index in [1.165, 1.54) is 180 Å². The highest BCUT2D eigenvalue weighted by molar-refractivity contribution is 4.83. The zero-order chi connectivity index (χ0) is 26.7. The largest absolute Gasteiger partial charge is 0.256 e. The summed E-state index contributed by atoms with van der Waals surface area (Å²) in [5.74, 6) is 1.57. The number of hydrogen-bond donors (Lipinski definition) is 0. The Morgan fingerprint density at radius 3 is 1.19 bits per heavy atom. The first-order chi connectivity index (χ1) is 18.3. The number of aromatic nitrogens is 2. The molecule has 218 valence electrons. The van der Waals surface area contributed by atoms with E-state index in [0.717, 1.165) is 6.54 Å². The number of imidazole rings is 1. The quantitative estimate of drug-likeness (QED) is 0.0737. The molecule has 1 rings (SSSR count). The average molecular weight is 518 g/mol. The highest BCUT2D eigenvalue weighted by Gasteiger charge is 2.15. The molecule has 0 bridgehead atoms. The lowest BCUT2D eigenvalue weighted by atomic mass is 10.0. The second-order valence-corrected chi connectivity index (χ2v) is 11.9. The van der Waals surface area contributed by atoms with Gasteiger partial charge in [0.1, 0.15) is 12.4 Å². The van der Waals surface area contributed by atoms with Crippen molar-refractivity contribution in [1.82, 2.24) is 4.57 Å². The van der Waals surface area contributed by atoms with Gasteiger partial charge < -0.3 is 0 Å². The minimum absolute atomic E-state index is 1.11. The summed E-state index contributed by atoms with van der Waals surface area (Å²) in [4.78, 5) is 0. The van der Waals surface area contributed by atoms with Crippen molar-refractivity contribution in [2.75, 3.05) is 0 Å². The van der Waals surface area contributed by atoms with E-state index >= 15 is 0 Å². The van der Waals surface area contributed by atoms with Crippen LogP contribution in [0.1, 0.15) is 194 Å². The molecule has 0 atom stereocenters. The maximum absolute atomic E-state index is 2.57. The van der Waals surface area contributed by atoms with Crippen LogP contribution in [0.3, 0.4) is 0 Å². The van der Waals surface area contributed by atoms with Crippen LogP contribution in [0.5, 0.6) is 0 Å². The lowest BCUT2D eigenvalue weighted by Crippen LogP contribution is -2.37. The summed E-state index contributed by atoms with van der Waals surface area (Å²) in [7, 11) is 0. The molecular weight excluding hydrogens is 448 g/mol. The van der Waals surface area contributed by atoms with Gasteiger partial charge in [0.25, 0.3) is 5.82 Å². The van der Waals surface area contributed by atoms with Gasteiger partial charge in [-0.15, -0.1) is 0 Å². The molecule has 0 saturated heterocycles. The van der Waals surface area contributed by atoms with Gasteiger partial charge in [-0.3, -0.25) is 0 Å². The molecular formula is C35H69N2+. The number of aryl methyl sites for hydroxylation is 2. The van der Waals surface area contributed by atoms with Crippen LogP contribution < -0.4 is 4.57 Å². The second-order valence-electron chi connectivity index (χ2n) is 11.9. The first kappa shape index (κ1) is 34.2. The van der Waals surface area contributed by atoms with E-state index in [0.29, 0.717) is 0 Å². The van der Waals surface area contributed by atoms with Crippen LogP contribution in [0.2, 0.25) is 0 Å². The van der Waals surface area contributed by atoms with Crippen molar-refractivity contribution >= 4 is 0 Å². The molecule has 0 amide bonds. The Balaban J connectivity index is 1.97. The van der Waals surface area contributed by atoms with Gasteiger partial charge in [0.15, 0.2) is 0 Å². The third kappa shape index (κ3) is 19.9. The predicted molar refractivity (Wildman–Crippen MR) is 165 cm³/mol. The summed E-state index contributed by atoms with van der Waals surface area (Å²) < 4.78 is 5.05. The van der Waals surface area contributed by atoms with Crippen molar-refractivity contribution in [2.45, 2.75) is 207 Å². The zero-order valence-corrected chi connectivity index (χ0v) is 26.1. The Hall–Kier alpha value is -0.790. The van der Waals surface area contributed by atoms with Gasteiger partial charge >= 0.3 is 0 Å². The van der Waals surface area contributed by atoms with E-state index in [2.05, 4.69) is 42.3 Å². The van der Waals surface area contributed by atoms with E-state index < -0.39 is 0 Å². The number of hydrogen-bond acceptors (Lipinski definition) is 0. The molecule has 0 unspecified atom stereocenters. The van der Waals surface area contributed by atoms with E-state index in [4.69, 9.17) is 0 Å². The predicted octanol–water partition coefficient (Wildman–Crippen LogP) is 11.5. The van der Waals surface area contributed by atoms with Crippen molar-refractivity contribution in [3.05, 3.63) is 18.2 Å². The van der Waals surface area contributed by atoms with Crippen LogP contribution in [0.15, 0.2) is 12.4 Å². The minimum atomic E-state index is 1.11. The van der Waals surface area contributed by atoms with Crippen LogP contribution in [-0.2, 0) is 19.5 Å². The maximum Gasteiger partial charge on any atom is 0.256 e. The maximum atomic E-state index is 2.57. The molecule has 0 aliphatic carbocycles. The third-order valence-electron chi connectivity index (χ3n) is 8.44. The molecule has 0 aromatic carbocycles. The summed E-state index contributed by atoms with van der Waals surface area (Å²) in [6.45, 7) is 9.23. The molecule has 0 saturated carbocycles. The van der Waals surface area contributed by atoms with E-state index in [1.807, 2.05) is 0 Å². The van der Waals surface area contributed by atoms with Gasteiger partial charge in [0, 0.05) is 6.42 Å². The van der Waals surface area contributed by atoms with Gasteiger partial charge in [-0.05, 0) is 26.2 Å². The average Bonchev–Trinajstić information content (AvgIpc) is 3.31. The molecule has 0 N–H and O–H groups in total. The monoisotopic (exact) mass is 518 g/mol. The molecule has 2 heteroatoms. The zero-order valence-electron chi connectivity index (χ0n) is 26.1. The van der Waals surface area contributed by atoms with Crippen LogP contribution in [-0.4, -0.2) is 4.57 Å². The fourth-order valence-electron chi connectivity index (χ4n) is 5.88. The molecule has 1 heterocycles. The molecule has 2 nitrogen and oxygen atoms in total. The van der Waals surface area contributed by atoms with Gasteiger partial charge in [0.05, 0.1) is 13.1 Å². The van der Waals surface area contributed by atoms with E-state index in [1.54, 1.807) is 5.82 Å². The molecule has 0 radical (unpaired) electrons. The van der Waals surface area contributed by atoms with Crippen molar-refractivity contribution < 1.29 is 4.57 Å². The molecule has 0 spiro atoms. The van der Waals surface area contributed by atoms with Crippen LogP contribution in [0, 0.1) is 0 Å². The van der Waals surface area contributed by atoms with E-state index in [9.17, 15) is 0 Å². The van der Waals surface area contributed by atoms with Gasteiger partial charge in [0.2, 0.25) is 0 Å². The molecule has 1 aromatic heterocycles. The van der Waals surface area contributed by atoms with E-state index in [-0.39, 0.29) is 0 Å². The van der Waals surface area contributed by atoms with Gasteiger partial charge in [-0.1, -0.05) is 162 Å². The smallest absolute Gasteiger partial charge is 0.235 e. The third-order valence-corrected chi connectivity index (χ3v) is 8.44. The molecule has 1 aromatic rings.